The molecule has 1 saturated carbocycles. The summed E-state index contributed by atoms with van der Waals surface area (Å²) in [5.74, 6) is 1.12. The number of rotatable bonds is 8. The van der Waals surface area contributed by atoms with Crippen LogP contribution in [0.1, 0.15) is 25.7 Å². The first-order valence-electron chi connectivity index (χ1n) is 6.94. The van der Waals surface area contributed by atoms with E-state index in [2.05, 4.69) is 6.58 Å². The summed E-state index contributed by atoms with van der Waals surface area (Å²) in [5.41, 5.74) is 1.07. The molecule has 0 spiro atoms. The average molecular weight is 262 g/mol. The lowest BCUT2D eigenvalue weighted by Gasteiger charge is -2.08. The summed E-state index contributed by atoms with van der Waals surface area (Å²) >= 11 is 0. The van der Waals surface area contributed by atoms with E-state index >= 15 is 0 Å². The molecule has 1 fully saturated rings. The van der Waals surface area contributed by atoms with Gasteiger partial charge in [-0.25, -0.2) is 0 Å². The number of aliphatic hydroxyl groups is 2. The summed E-state index contributed by atoms with van der Waals surface area (Å²) < 4.78 is 0. The molecule has 0 aromatic rings. The highest BCUT2D eigenvalue weighted by Gasteiger charge is 2.39. The lowest BCUT2D eigenvalue weighted by Crippen LogP contribution is -2.11. The second-order valence-corrected chi connectivity index (χ2v) is 5.66. The molecule has 104 valence electrons. The maximum Gasteiger partial charge on any atom is 0.133 e. The smallest absolute Gasteiger partial charge is 0.133 e. The monoisotopic (exact) mass is 262 g/mol. The molecule has 0 amide bonds. The van der Waals surface area contributed by atoms with Gasteiger partial charge in [-0.05, 0) is 30.3 Å². The highest BCUT2D eigenvalue weighted by atomic mass is 16.3. The number of hydrogen-bond acceptors (Lipinski definition) is 3. The van der Waals surface area contributed by atoms with E-state index < -0.39 is 6.10 Å². The van der Waals surface area contributed by atoms with Crippen molar-refractivity contribution < 1.29 is 15.0 Å². The van der Waals surface area contributed by atoms with Gasteiger partial charge in [0.25, 0.3) is 0 Å². The van der Waals surface area contributed by atoms with Gasteiger partial charge in [0.15, 0.2) is 0 Å². The number of ketones is 1. The highest BCUT2D eigenvalue weighted by Crippen LogP contribution is 2.46. The quantitative estimate of drug-likeness (QED) is 0.658. The Labute approximate surface area is 114 Å². The molecular weight excluding hydrogens is 240 g/mol. The van der Waals surface area contributed by atoms with Crippen LogP contribution in [0.3, 0.4) is 0 Å². The first-order valence-corrected chi connectivity index (χ1v) is 6.94. The van der Waals surface area contributed by atoms with E-state index in [1.54, 1.807) is 12.2 Å². The number of hydrogen-bond donors (Lipinski definition) is 2. The molecule has 0 heterocycles. The van der Waals surface area contributed by atoms with E-state index in [-0.39, 0.29) is 18.3 Å². The Kier molecular flexibility index (Phi) is 4.72. The molecule has 3 nitrogen and oxygen atoms in total. The first kappa shape index (κ1) is 14.2. The van der Waals surface area contributed by atoms with Crippen LogP contribution >= 0.6 is 0 Å². The molecule has 4 unspecified atom stereocenters. The van der Waals surface area contributed by atoms with E-state index in [0.29, 0.717) is 24.7 Å². The predicted octanol–water partition coefficient (Wildman–Crippen LogP) is 2.01. The molecule has 2 N–H and O–H groups in total. The van der Waals surface area contributed by atoms with Crippen molar-refractivity contribution in [2.24, 2.45) is 17.8 Å². The lowest BCUT2D eigenvalue weighted by atomic mass is 9.98. The fourth-order valence-electron chi connectivity index (χ4n) is 2.70. The molecule has 2 aliphatic carbocycles. The van der Waals surface area contributed by atoms with Crippen molar-refractivity contribution in [3.05, 3.63) is 36.5 Å². The summed E-state index contributed by atoms with van der Waals surface area (Å²) in [6.07, 6.45) is 9.85. The van der Waals surface area contributed by atoms with Gasteiger partial charge >= 0.3 is 0 Å². The molecule has 0 saturated heterocycles. The van der Waals surface area contributed by atoms with E-state index in [0.717, 1.165) is 18.4 Å². The van der Waals surface area contributed by atoms with Gasteiger partial charge in [0.1, 0.15) is 5.78 Å². The summed E-state index contributed by atoms with van der Waals surface area (Å²) in [6.45, 7) is 3.61. The second kappa shape index (κ2) is 6.31. The summed E-state index contributed by atoms with van der Waals surface area (Å²) in [5, 5.41) is 18.7. The fraction of sp³-hybridized carbons (Fsp3) is 0.562. The van der Waals surface area contributed by atoms with Gasteiger partial charge in [-0.1, -0.05) is 24.3 Å². The topological polar surface area (TPSA) is 57.5 Å². The fourth-order valence-corrected chi connectivity index (χ4v) is 2.70. The molecule has 0 bridgehead atoms. The van der Waals surface area contributed by atoms with E-state index in [1.807, 2.05) is 12.2 Å². The van der Waals surface area contributed by atoms with Crippen LogP contribution in [0.2, 0.25) is 0 Å². The van der Waals surface area contributed by atoms with Crippen molar-refractivity contribution in [2.45, 2.75) is 31.8 Å². The van der Waals surface area contributed by atoms with Gasteiger partial charge in [-0.3, -0.25) is 4.79 Å². The van der Waals surface area contributed by atoms with E-state index in [1.165, 1.54) is 0 Å². The van der Waals surface area contributed by atoms with Crippen molar-refractivity contribution in [2.75, 3.05) is 6.61 Å². The molecule has 19 heavy (non-hydrogen) atoms. The highest BCUT2D eigenvalue weighted by molar-refractivity contribution is 5.79. The molecule has 2 aliphatic rings. The average Bonchev–Trinajstić information content (AvgIpc) is 2.98. The third-order valence-corrected chi connectivity index (χ3v) is 4.10. The molecule has 3 heteroatoms. The SMILES string of the molecule is C=CC(CO)CC(=O)CC1CC1CC1=CC=CC1O. The third-order valence-electron chi connectivity index (χ3n) is 4.10. The lowest BCUT2D eigenvalue weighted by molar-refractivity contribution is -0.120. The van der Waals surface area contributed by atoms with Crippen LogP contribution in [0.15, 0.2) is 36.5 Å². The van der Waals surface area contributed by atoms with E-state index in [4.69, 9.17) is 5.11 Å². The zero-order valence-electron chi connectivity index (χ0n) is 11.2. The Morgan fingerprint density at radius 2 is 2.32 bits per heavy atom. The van der Waals surface area contributed by atoms with Crippen LogP contribution in [0.5, 0.6) is 0 Å². The molecule has 0 aromatic heterocycles. The van der Waals surface area contributed by atoms with Crippen molar-refractivity contribution in [3.8, 4) is 0 Å². The maximum atomic E-state index is 11.8. The molecule has 0 aliphatic heterocycles. The van der Waals surface area contributed by atoms with Crippen LogP contribution in [0, 0.1) is 17.8 Å². The number of carbonyl (C=O) groups excluding carboxylic acids is 1. The van der Waals surface area contributed by atoms with Crippen LogP contribution < -0.4 is 0 Å². The molecule has 0 radical (unpaired) electrons. The number of carbonyl (C=O) groups is 1. The van der Waals surface area contributed by atoms with Crippen molar-refractivity contribution in [3.63, 3.8) is 0 Å². The largest absolute Gasteiger partial charge is 0.396 e. The van der Waals surface area contributed by atoms with Crippen molar-refractivity contribution >= 4 is 5.78 Å². The summed E-state index contributed by atoms with van der Waals surface area (Å²) in [6, 6.07) is 0. The predicted molar refractivity (Wildman–Crippen MR) is 74.5 cm³/mol. The van der Waals surface area contributed by atoms with Crippen LogP contribution in [-0.2, 0) is 4.79 Å². The van der Waals surface area contributed by atoms with Gasteiger partial charge in [0.2, 0.25) is 0 Å². The molecule has 4 atom stereocenters. The zero-order valence-corrected chi connectivity index (χ0v) is 11.2. The van der Waals surface area contributed by atoms with Crippen LogP contribution in [-0.4, -0.2) is 28.7 Å². The third kappa shape index (κ3) is 3.88. The Morgan fingerprint density at radius 3 is 2.89 bits per heavy atom. The summed E-state index contributed by atoms with van der Waals surface area (Å²) in [4.78, 5) is 11.8. The minimum atomic E-state index is -0.420. The Balaban J connectivity index is 1.69. The van der Waals surface area contributed by atoms with Gasteiger partial charge in [0.05, 0.1) is 6.10 Å². The van der Waals surface area contributed by atoms with Crippen LogP contribution in [0.4, 0.5) is 0 Å². The number of aliphatic hydroxyl groups excluding tert-OH is 2. The maximum absolute atomic E-state index is 11.8. The van der Waals surface area contributed by atoms with Crippen molar-refractivity contribution in [1.82, 2.24) is 0 Å². The summed E-state index contributed by atoms with van der Waals surface area (Å²) in [7, 11) is 0. The van der Waals surface area contributed by atoms with Crippen molar-refractivity contribution in [1.29, 1.82) is 0 Å². The molecule has 2 rings (SSSR count). The van der Waals surface area contributed by atoms with Gasteiger partial charge < -0.3 is 10.2 Å². The first-order chi connectivity index (χ1) is 9.13. The standard InChI is InChI=1S/C16H22O3/c1-2-11(10-17)6-15(18)9-14-8-13(14)7-12-4-3-5-16(12)19/h2-5,11,13-14,16-17,19H,1,6-10H2. The van der Waals surface area contributed by atoms with Gasteiger partial charge in [-0.2, -0.15) is 0 Å². The number of Topliss-reactive ketones (excluding diaryl/α,β-unsaturated/α-hetero) is 1. The Bertz CT molecular complexity index is 408. The van der Waals surface area contributed by atoms with Gasteiger partial charge in [0, 0.05) is 25.4 Å². The van der Waals surface area contributed by atoms with E-state index in [9.17, 15) is 9.90 Å². The van der Waals surface area contributed by atoms with Crippen LogP contribution in [0.25, 0.3) is 0 Å². The minimum Gasteiger partial charge on any atom is -0.396 e. The van der Waals surface area contributed by atoms with Gasteiger partial charge in [-0.15, -0.1) is 6.58 Å². The number of allylic oxidation sites excluding steroid dienone is 2. The Morgan fingerprint density at radius 1 is 1.53 bits per heavy atom. The minimum absolute atomic E-state index is 0.00587. The normalized spacial score (nSPS) is 30.0. The molecular formula is C16H22O3. The Hall–Kier alpha value is -1.19. The second-order valence-electron chi connectivity index (χ2n) is 5.66. The molecule has 0 aromatic carbocycles. The zero-order chi connectivity index (χ0) is 13.8.